The largest absolute Gasteiger partial charge is 0.416 e. The van der Waals surface area contributed by atoms with Crippen LogP contribution in [-0.4, -0.2) is 29.0 Å². The molecule has 3 unspecified atom stereocenters. The number of para-hydroxylation sites is 1. The molecule has 3 fully saturated rings. The molecule has 2 bridgehead atoms. The van der Waals surface area contributed by atoms with Crippen LogP contribution < -0.4 is 21.5 Å². The predicted octanol–water partition coefficient (Wildman–Crippen LogP) is 6.66. The van der Waals surface area contributed by atoms with E-state index < -0.39 is 46.1 Å². The topological polar surface area (TPSA) is 74.3 Å². The van der Waals surface area contributed by atoms with E-state index in [1.54, 1.807) is 6.20 Å². The zero-order valence-electron chi connectivity index (χ0n) is 22.6. The van der Waals surface area contributed by atoms with Crippen molar-refractivity contribution in [2.75, 3.05) is 23.7 Å². The van der Waals surface area contributed by atoms with E-state index in [0.29, 0.717) is 29.5 Å². The quantitative estimate of drug-likeness (QED) is 0.140. The van der Waals surface area contributed by atoms with Crippen molar-refractivity contribution in [2.24, 2.45) is 11.8 Å². The van der Waals surface area contributed by atoms with E-state index in [1.165, 1.54) is 0 Å². The number of aromatic nitrogens is 1. The van der Waals surface area contributed by atoms with Crippen molar-refractivity contribution in [3.63, 3.8) is 0 Å². The number of nitrogens with zero attached hydrogens (tertiary/aromatic N) is 2. The van der Waals surface area contributed by atoms with Gasteiger partial charge in [-0.3, -0.25) is 19.5 Å². The number of hydrogen-bond acceptors (Lipinski definition) is 6. The number of benzene rings is 2. The van der Waals surface area contributed by atoms with Gasteiger partial charge < -0.3 is 10.6 Å². The lowest BCUT2D eigenvalue weighted by Crippen LogP contribution is -2.56. The summed E-state index contributed by atoms with van der Waals surface area (Å²) in [6, 6.07) is 9.52. The van der Waals surface area contributed by atoms with Gasteiger partial charge >= 0.3 is 12.4 Å². The van der Waals surface area contributed by atoms with E-state index in [4.69, 9.17) is 0 Å². The Labute approximate surface area is 241 Å². The Morgan fingerprint density at radius 2 is 1.63 bits per heavy atom. The zero-order chi connectivity index (χ0) is 30.7. The molecule has 5 atom stereocenters. The first kappa shape index (κ1) is 28.9. The van der Waals surface area contributed by atoms with Crippen LogP contribution in [0.3, 0.4) is 0 Å². The molecule has 0 spiro atoms. The predicted molar refractivity (Wildman–Crippen MR) is 151 cm³/mol. The number of pyridine rings is 1. The van der Waals surface area contributed by atoms with Crippen molar-refractivity contribution >= 4 is 28.0 Å². The van der Waals surface area contributed by atoms with Gasteiger partial charge in [-0.2, -0.15) is 26.3 Å². The highest BCUT2D eigenvalue weighted by atomic mass is 19.4. The highest BCUT2D eigenvalue weighted by molar-refractivity contribution is 5.84. The molecule has 0 amide bonds. The molecule has 3 aliphatic rings. The number of hydrogen-bond donors (Lipinski definition) is 2. The lowest BCUT2D eigenvalue weighted by molar-refractivity contribution is -0.143. The molecule has 7 rings (SSSR count). The van der Waals surface area contributed by atoms with Crippen molar-refractivity contribution < 1.29 is 26.3 Å². The number of fused-ring (bicyclic) bond motifs is 4. The molecule has 3 aliphatic heterocycles. The Kier molecular flexibility index (Phi) is 7.07. The summed E-state index contributed by atoms with van der Waals surface area (Å²) in [6.07, 6.45) is -4.83. The van der Waals surface area contributed by atoms with Gasteiger partial charge in [0.05, 0.1) is 22.7 Å². The van der Waals surface area contributed by atoms with Crippen molar-refractivity contribution in [2.45, 2.75) is 37.3 Å². The van der Waals surface area contributed by atoms with Crippen LogP contribution in [0.1, 0.15) is 35.6 Å². The number of alkyl halides is 6. The van der Waals surface area contributed by atoms with Crippen molar-refractivity contribution in [3.05, 3.63) is 105 Å². The summed E-state index contributed by atoms with van der Waals surface area (Å²) in [4.78, 5) is 32.3. The van der Waals surface area contributed by atoms with Gasteiger partial charge in [0, 0.05) is 29.9 Å². The Bertz CT molecular complexity index is 1740. The fourth-order valence-corrected chi connectivity index (χ4v) is 6.47. The normalized spacial score (nSPS) is 22.9. The van der Waals surface area contributed by atoms with Gasteiger partial charge in [-0.15, -0.1) is 6.58 Å². The lowest BCUT2D eigenvalue weighted by atomic mass is 9.73. The van der Waals surface area contributed by atoms with E-state index >= 15 is 0 Å². The Hall–Kier alpha value is -4.19. The first-order valence-electron chi connectivity index (χ1n) is 13.7. The summed E-state index contributed by atoms with van der Waals surface area (Å²) in [5.74, 6) is 0.646. The summed E-state index contributed by atoms with van der Waals surface area (Å²) in [6.45, 7) is 5.52. The van der Waals surface area contributed by atoms with Crippen molar-refractivity contribution in [3.8, 4) is 0 Å². The van der Waals surface area contributed by atoms with Gasteiger partial charge in [-0.25, -0.2) is 0 Å². The average molecular weight is 601 g/mol. The summed E-state index contributed by atoms with van der Waals surface area (Å²) >= 11 is 0. The molecular weight excluding hydrogens is 574 g/mol. The molecule has 12 heteroatoms. The van der Waals surface area contributed by atoms with Crippen LogP contribution in [-0.2, 0) is 12.4 Å². The maximum absolute atomic E-state index is 13.4. The fraction of sp³-hybridized carbons (Fsp3) is 0.323. The summed E-state index contributed by atoms with van der Waals surface area (Å²) in [5.41, 5.74) is -4.71. The van der Waals surface area contributed by atoms with Crippen molar-refractivity contribution in [1.29, 1.82) is 0 Å². The lowest BCUT2D eigenvalue weighted by Gasteiger charge is -2.52. The Morgan fingerprint density at radius 3 is 2.26 bits per heavy atom. The highest BCUT2D eigenvalue weighted by Gasteiger charge is 2.44. The zero-order valence-corrected chi connectivity index (χ0v) is 22.6. The standard InChI is InChI=1S/C31H26F6N4O2/c1-2-16-15-41-10-8-17(16)11-24(41)25(22-7-9-38-23-6-4-3-5-21(22)23)40-27-26(28(42)29(27)43)39-20-13-18(30(32,33)34)12-19(14-20)31(35,36)37/h2-7,9,12-14,16-17,24-25,39-40H,1,8,10-11,15H2/t16?,17?,24-,25-/m1/s1. The molecule has 3 saturated heterocycles. The molecular formula is C31H26F6N4O2. The van der Waals surface area contributed by atoms with E-state index in [0.717, 1.165) is 36.9 Å². The second-order valence-corrected chi connectivity index (χ2v) is 11.1. The Morgan fingerprint density at radius 1 is 0.953 bits per heavy atom. The van der Waals surface area contributed by atoms with Crippen LogP contribution in [0, 0.1) is 11.8 Å². The number of halogens is 6. The van der Waals surface area contributed by atoms with Crippen LogP contribution in [0.15, 0.2) is 77.0 Å². The van der Waals surface area contributed by atoms with Crippen LogP contribution in [0.4, 0.5) is 43.4 Å². The van der Waals surface area contributed by atoms with Crippen LogP contribution in [0.25, 0.3) is 10.9 Å². The molecule has 0 saturated carbocycles. The summed E-state index contributed by atoms with van der Waals surface area (Å²) in [5, 5.41) is 6.40. The number of piperidine rings is 3. The number of nitrogens with one attached hydrogen (secondary N) is 2. The first-order chi connectivity index (χ1) is 20.3. The SMILES string of the molecule is C=CC1CN2CCC1C[C@@H]2[C@H](Nc1c(Nc2cc(C(F)(F)F)cc(C(F)(F)F)c2)c(=O)c1=O)c1ccnc2ccccc12. The molecule has 4 heterocycles. The summed E-state index contributed by atoms with van der Waals surface area (Å²) in [7, 11) is 0. The van der Waals surface area contributed by atoms with Gasteiger partial charge in [0.15, 0.2) is 0 Å². The summed E-state index contributed by atoms with van der Waals surface area (Å²) < 4.78 is 80.7. The molecule has 1 aromatic heterocycles. The molecule has 4 aromatic rings. The second kappa shape index (κ2) is 10.5. The minimum Gasteiger partial charge on any atom is -0.372 e. The third-order valence-electron chi connectivity index (χ3n) is 8.62. The fourth-order valence-electron chi connectivity index (χ4n) is 6.47. The van der Waals surface area contributed by atoms with Crippen LogP contribution in [0.5, 0.6) is 0 Å². The van der Waals surface area contributed by atoms with Gasteiger partial charge in [0.2, 0.25) is 0 Å². The van der Waals surface area contributed by atoms with E-state index in [1.807, 2.05) is 36.4 Å². The second-order valence-electron chi connectivity index (χ2n) is 11.1. The van der Waals surface area contributed by atoms with E-state index in [9.17, 15) is 35.9 Å². The molecule has 2 N–H and O–H groups in total. The molecule has 224 valence electrons. The monoisotopic (exact) mass is 600 g/mol. The van der Waals surface area contributed by atoms with Gasteiger partial charge in [-0.05, 0) is 67.1 Å². The third kappa shape index (κ3) is 5.28. The smallest absolute Gasteiger partial charge is 0.372 e. The molecule has 0 aliphatic carbocycles. The molecule has 0 radical (unpaired) electrons. The first-order valence-corrected chi connectivity index (χ1v) is 13.7. The van der Waals surface area contributed by atoms with E-state index in [2.05, 4.69) is 27.1 Å². The maximum atomic E-state index is 13.4. The Balaban J connectivity index is 1.41. The minimum atomic E-state index is -5.07. The van der Waals surface area contributed by atoms with Crippen LogP contribution >= 0.6 is 0 Å². The van der Waals surface area contributed by atoms with Gasteiger partial charge in [-0.1, -0.05) is 24.3 Å². The maximum Gasteiger partial charge on any atom is 0.416 e. The van der Waals surface area contributed by atoms with Crippen molar-refractivity contribution in [1.82, 2.24) is 9.88 Å². The van der Waals surface area contributed by atoms with Gasteiger partial charge in [0.1, 0.15) is 11.4 Å². The van der Waals surface area contributed by atoms with Gasteiger partial charge in [0.25, 0.3) is 10.9 Å². The third-order valence-corrected chi connectivity index (χ3v) is 8.62. The molecule has 43 heavy (non-hydrogen) atoms. The molecule has 6 nitrogen and oxygen atoms in total. The average Bonchev–Trinajstić information content (AvgIpc) is 2.99. The highest BCUT2D eigenvalue weighted by Crippen LogP contribution is 2.44. The number of rotatable bonds is 7. The molecule has 3 aromatic carbocycles. The number of anilines is 3. The minimum absolute atomic E-state index is 0.000122. The van der Waals surface area contributed by atoms with Crippen LogP contribution in [0.2, 0.25) is 0 Å². The van der Waals surface area contributed by atoms with E-state index in [-0.39, 0.29) is 23.5 Å².